The van der Waals surface area contributed by atoms with Gasteiger partial charge in [-0.15, -0.1) is 24.8 Å². The van der Waals surface area contributed by atoms with Crippen LogP contribution in [0, 0.1) is 0 Å². The second-order valence-electron chi connectivity index (χ2n) is 6.60. The van der Waals surface area contributed by atoms with Crippen molar-refractivity contribution in [1.29, 1.82) is 0 Å². The summed E-state index contributed by atoms with van der Waals surface area (Å²) in [5.41, 5.74) is 1.33. The molecule has 134 valence electrons. The van der Waals surface area contributed by atoms with Gasteiger partial charge in [0.1, 0.15) is 6.04 Å². The van der Waals surface area contributed by atoms with Crippen molar-refractivity contribution in [2.24, 2.45) is 0 Å². The molecule has 1 aromatic carbocycles. The summed E-state index contributed by atoms with van der Waals surface area (Å²) >= 11 is 0. The quantitative estimate of drug-likeness (QED) is 0.830. The van der Waals surface area contributed by atoms with Gasteiger partial charge >= 0.3 is 6.18 Å². The summed E-state index contributed by atoms with van der Waals surface area (Å²) in [5, 5.41) is 3.09. The van der Waals surface area contributed by atoms with Crippen molar-refractivity contribution in [1.82, 2.24) is 10.2 Å². The summed E-state index contributed by atoms with van der Waals surface area (Å²) in [6.07, 6.45) is -4.25. The first-order chi connectivity index (χ1) is 9.69. The maximum absolute atomic E-state index is 13.5. The molecule has 1 saturated heterocycles. The van der Waals surface area contributed by atoms with Crippen molar-refractivity contribution < 1.29 is 13.2 Å². The molecule has 1 aromatic rings. The minimum Gasteiger partial charge on any atom is -0.314 e. The van der Waals surface area contributed by atoms with E-state index in [1.165, 1.54) is 4.90 Å². The zero-order valence-electron chi connectivity index (χ0n) is 13.6. The Labute approximate surface area is 148 Å². The zero-order valence-corrected chi connectivity index (χ0v) is 15.2. The molecule has 1 fully saturated rings. The van der Waals surface area contributed by atoms with Crippen molar-refractivity contribution in [3.05, 3.63) is 35.4 Å². The Bertz CT molecular complexity index is 464. The highest BCUT2D eigenvalue weighted by Crippen LogP contribution is 2.38. The number of hydrogen-bond donors (Lipinski definition) is 1. The molecule has 0 aromatic heterocycles. The van der Waals surface area contributed by atoms with Gasteiger partial charge in [0.15, 0.2) is 0 Å². The lowest BCUT2D eigenvalue weighted by Gasteiger charge is -2.36. The van der Waals surface area contributed by atoms with Crippen LogP contribution in [0.3, 0.4) is 0 Å². The normalized spacial score (nSPS) is 17.8. The van der Waals surface area contributed by atoms with Crippen molar-refractivity contribution in [3.63, 3.8) is 0 Å². The Hall–Kier alpha value is -0.490. The second kappa shape index (κ2) is 8.56. The molecule has 1 N–H and O–H groups in total. The number of nitrogens with one attached hydrogen (secondary N) is 1. The zero-order chi connectivity index (χ0) is 15.7. The number of benzene rings is 1. The summed E-state index contributed by atoms with van der Waals surface area (Å²) in [6, 6.07) is 5.38. The molecular formula is C16H25Cl2F3N2. The van der Waals surface area contributed by atoms with E-state index in [4.69, 9.17) is 0 Å². The minimum absolute atomic E-state index is 0. The van der Waals surface area contributed by atoms with Crippen LogP contribution in [0.15, 0.2) is 24.3 Å². The van der Waals surface area contributed by atoms with Crippen molar-refractivity contribution in [2.75, 3.05) is 26.2 Å². The average molecular weight is 373 g/mol. The minimum atomic E-state index is -4.25. The third-order valence-corrected chi connectivity index (χ3v) is 3.92. The van der Waals surface area contributed by atoms with Crippen LogP contribution in [0.25, 0.3) is 0 Å². The molecule has 0 aliphatic carbocycles. The van der Waals surface area contributed by atoms with E-state index >= 15 is 0 Å². The number of nitrogens with zero attached hydrogens (tertiary/aromatic N) is 1. The number of halogens is 5. The van der Waals surface area contributed by atoms with Crippen LogP contribution in [0.4, 0.5) is 13.2 Å². The third-order valence-electron chi connectivity index (χ3n) is 3.92. The van der Waals surface area contributed by atoms with Crippen LogP contribution in [0.1, 0.15) is 37.9 Å². The van der Waals surface area contributed by atoms with Crippen LogP contribution in [-0.2, 0) is 5.41 Å². The fraction of sp³-hybridized carbons (Fsp3) is 0.625. The average Bonchev–Trinajstić information content (AvgIpc) is 2.38. The smallest absolute Gasteiger partial charge is 0.314 e. The lowest BCUT2D eigenvalue weighted by molar-refractivity contribution is -0.187. The Balaban J connectivity index is 0.00000242. The van der Waals surface area contributed by atoms with E-state index in [0.717, 1.165) is 5.56 Å². The molecule has 0 amide bonds. The SMILES string of the molecule is CC(C)(C)c1ccc([C@@H](N2CCNCC2)C(F)(F)F)cc1.Cl.Cl. The predicted molar refractivity (Wildman–Crippen MR) is 92.9 cm³/mol. The molecule has 1 aliphatic heterocycles. The summed E-state index contributed by atoms with van der Waals surface area (Å²) in [4.78, 5) is 1.52. The fourth-order valence-corrected chi connectivity index (χ4v) is 2.71. The van der Waals surface area contributed by atoms with Crippen LogP contribution < -0.4 is 5.32 Å². The first-order valence-electron chi connectivity index (χ1n) is 7.31. The molecule has 0 bridgehead atoms. The van der Waals surface area contributed by atoms with E-state index in [-0.39, 0.29) is 30.2 Å². The molecule has 23 heavy (non-hydrogen) atoms. The maximum Gasteiger partial charge on any atom is 0.408 e. The van der Waals surface area contributed by atoms with E-state index in [1.54, 1.807) is 12.1 Å². The number of hydrogen-bond acceptors (Lipinski definition) is 2. The van der Waals surface area contributed by atoms with Gasteiger partial charge in [-0.05, 0) is 16.5 Å². The van der Waals surface area contributed by atoms with Gasteiger partial charge in [-0.25, -0.2) is 0 Å². The molecule has 0 saturated carbocycles. The van der Waals surface area contributed by atoms with Gasteiger partial charge in [0.05, 0.1) is 0 Å². The van der Waals surface area contributed by atoms with Gasteiger partial charge in [0, 0.05) is 26.2 Å². The summed E-state index contributed by atoms with van der Waals surface area (Å²) < 4.78 is 40.4. The Morgan fingerprint density at radius 1 is 0.957 bits per heavy atom. The second-order valence-corrected chi connectivity index (χ2v) is 6.60. The molecular weight excluding hydrogens is 348 g/mol. The van der Waals surface area contributed by atoms with Gasteiger partial charge < -0.3 is 5.32 Å². The van der Waals surface area contributed by atoms with E-state index in [0.29, 0.717) is 31.7 Å². The Kier molecular flexibility index (Phi) is 8.38. The van der Waals surface area contributed by atoms with E-state index in [9.17, 15) is 13.2 Å². The van der Waals surface area contributed by atoms with Gasteiger partial charge in [0.2, 0.25) is 0 Å². The first kappa shape index (κ1) is 22.5. The predicted octanol–water partition coefficient (Wildman–Crippen LogP) is 4.34. The first-order valence-corrected chi connectivity index (χ1v) is 7.31. The highest BCUT2D eigenvalue weighted by molar-refractivity contribution is 5.85. The fourth-order valence-electron chi connectivity index (χ4n) is 2.71. The van der Waals surface area contributed by atoms with Gasteiger partial charge in [0.25, 0.3) is 0 Å². The van der Waals surface area contributed by atoms with Gasteiger partial charge in [-0.3, -0.25) is 4.90 Å². The summed E-state index contributed by atoms with van der Waals surface area (Å²) in [7, 11) is 0. The molecule has 7 heteroatoms. The Morgan fingerprint density at radius 2 is 1.43 bits per heavy atom. The summed E-state index contributed by atoms with van der Waals surface area (Å²) in [5.74, 6) is 0. The molecule has 0 spiro atoms. The molecule has 0 radical (unpaired) electrons. The van der Waals surface area contributed by atoms with Crippen LogP contribution >= 0.6 is 24.8 Å². The molecule has 1 heterocycles. The third kappa shape index (κ3) is 5.82. The number of rotatable bonds is 2. The monoisotopic (exact) mass is 372 g/mol. The summed E-state index contributed by atoms with van der Waals surface area (Å²) in [6.45, 7) is 8.22. The van der Waals surface area contributed by atoms with Gasteiger partial charge in [-0.2, -0.15) is 13.2 Å². The number of alkyl halides is 3. The lowest BCUT2D eigenvalue weighted by atomic mass is 9.86. The van der Waals surface area contributed by atoms with E-state index in [2.05, 4.69) is 26.1 Å². The molecule has 2 rings (SSSR count). The van der Waals surface area contributed by atoms with Crippen molar-refractivity contribution in [2.45, 2.75) is 38.4 Å². The lowest BCUT2D eigenvalue weighted by Crippen LogP contribution is -2.49. The standard InChI is InChI=1S/C16H23F3N2.2ClH/c1-15(2,3)13-6-4-12(5-7-13)14(16(17,18)19)21-10-8-20-9-11-21;;/h4-7,14,20H,8-11H2,1-3H3;2*1H/t14-;;/m1../s1. The highest BCUT2D eigenvalue weighted by atomic mass is 35.5. The van der Waals surface area contributed by atoms with E-state index in [1.807, 2.05) is 12.1 Å². The van der Waals surface area contributed by atoms with Crippen molar-refractivity contribution >= 4 is 24.8 Å². The van der Waals surface area contributed by atoms with Crippen molar-refractivity contribution in [3.8, 4) is 0 Å². The van der Waals surface area contributed by atoms with Crippen LogP contribution in [-0.4, -0.2) is 37.3 Å². The molecule has 2 nitrogen and oxygen atoms in total. The Morgan fingerprint density at radius 3 is 1.83 bits per heavy atom. The molecule has 1 aliphatic rings. The van der Waals surface area contributed by atoms with E-state index < -0.39 is 12.2 Å². The number of piperazine rings is 1. The maximum atomic E-state index is 13.5. The topological polar surface area (TPSA) is 15.3 Å². The van der Waals surface area contributed by atoms with Crippen LogP contribution in [0.5, 0.6) is 0 Å². The highest BCUT2D eigenvalue weighted by Gasteiger charge is 2.44. The van der Waals surface area contributed by atoms with Crippen LogP contribution in [0.2, 0.25) is 0 Å². The largest absolute Gasteiger partial charge is 0.408 e. The molecule has 0 unspecified atom stereocenters. The van der Waals surface area contributed by atoms with Gasteiger partial charge in [-0.1, -0.05) is 45.0 Å². The molecule has 1 atom stereocenters.